The highest BCUT2D eigenvalue weighted by atomic mass is 127. The van der Waals surface area contributed by atoms with Gasteiger partial charge in [-0.2, -0.15) is 0 Å². The summed E-state index contributed by atoms with van der Waals surface area (Å²) in [7, 11) is 0. The Morgan fingerprint density at radius 3 is 2.67 bits per heavy atom. The zero-order valence-corrected chi connectivity index (χ0v) is 7.54. The van der Waals surface area contributed by atoms with E-state index < -0.39 is 0 Å². The molecule has 3 unspecified atom stereocenters. The molecule has 9 heavy (non-hydrogen) atoms. The summed E-state index contributed by atoms with van der Waals surface area (Å²) in [5, 5.41) is 9.02. The normalized spacial score (nSPS) is 39.0. The molecular weight excluding hydrogens is 231 g/mol. The predicted octanol–water partition coefficient (Wildman–Crippen LogP) is 0.960. The molecule has 1 aliphatic rings. The van der Waals surface area contributed by atoms with Gasteiger partial charge >= 0.3 is 0 Å². The summed E-state index contributed by atoms with van der Waals surface area (Å²) in [6.45, 7) is 2.63. The third kappa shape index (κ3) is 2.05. The van der Waals surface area contributed by atoms with Crippen molar-refractivity contribution in [2.75, 3.05) is 6.61 Å². The van der Waals surface area contributed by atoms with Gasteiger partial charge in [-0.3, -0.25) is 0 Å². The Labute approximate surface area is 68.7 Å². The van der Waals surface area contributed by atoms with Crippen LogP contribution < -0.4 is 0 Å². The number of hydrogen-bond donors (Lipinski definition) is 1. The van der Waals surface area contributed by atoms with E-state index in [1.165, 1.54) is 0 Å². The third-order valence-electron chi connectivity index (χ3n) is 1.52. The van der Waals surface area contributed by atoms with Gasteiger partial charge in [-0.25, -0.2) is 0 Å². The largest absolute Gasteiger partial charge is 0.391 e. The molecule has 0 aromatic carbocycles. The zero-order chi connectivity index (χ0) is 6.85. The van der Waals surface area contributed by atoms with E-state index in [1.54, 1.807) is 0 Å². The van der Waals surface area contributed by atoms with Crippen molar-refractivity contribution in [2.24, 2.45) is 0 Å². The molecule has 1 heterocycles. The molecule has 1 saturated heterocycles. The lowest BCUT2D eigenvalue weighted by Crippen LogP contribution is -2.16. The maximum absolute atomic E-state index is 9.02. The van der Waals surface area contributed by atoms with Crippen LogP contribution in [-0.2, 0) is 4.74 Å². The standard InChI is InChI=1S/C6H11IO2/c1-4(7)6-2-5(8)3-9-6/h4-6,8H,2-3H2,1H3. The van der Waals surface area contributed by atoms with Gasteiger partial charge in [0.25, 0.3) is 0 Å². The predicted molar refractivity (Wildman–Crippen MR) is 43.8 cm³/mol. The van der Waals surface area contributed by atoms with E-state index in [4.69, 9.17) is 9.84 Å². The third-order valence-corrected chi connectivity index (χ3v) is 2.32. The van der Waals surface area contributed by atoms with E-state index in [9.17, 15) is 0 Å². The molecule has 0 spiro atoms. The summed E-state index contributed by atoms with van der Waals surface area (Å²) in [5.41, 5.74) is 0. The van der Waals surface area contributed by atoms with Crippen molar-refractivity contribution in [3.8, 4) is 0 Å². The van der Waals surface area contributed by atoms with Crippen LogP contribution in [0.1, 0.15) is 13.3 Å². The van der Waals surface area contributed by atoms with Crippen LogP contribution in [0.2, 0.25) is 0 Å². The van der Waals surface area contributed by atoms with Gasteiger partial charge in [-0.1, -0.05) is 29.5 Å². The maximum atomic E-state index is 9.02. The Morgan fingerprint density at radius 2 is 2.44 bits per heavy atom. The van der Waals surface area contributed by atoms with Crippen molar-refractivity contribution in [2.45, 2.75) is 29.5 Å². The van der Waals surface area contributed by atoms with Gasteiger partial charge in [0.1, 0.15) is 0 Å². The average Bonchev–Trinajstić information content (AvgIpc) is 2.14. The van der Waals surface area contributed by atoms with Crippen molar-refractivity contribution < 1.29 is 9.84 Å². The SMILES string of the molecule is CC(I)C1CC(O)CO1. The molecule has 0 radical (unpaired) electrons. The average molecular weight is 242 g/mol. The van der Waals surface area contributed by atoms with Crippen LogP contribution in [0.3, 0.4) is 0 Å². The fourth-order valence-electron chi connectivity index (χ4n) is 0.959. The van der Waals surface area contributed by atoms with E-state index in [0.717, 1.165) is 6.42 Å². The van der Waals surface area contributed by atoms with Gasteiger partial charge in [0.2, 0.25) is 0 Å². The quantitative estimate of drug-likeness (QED) is 0.548. The van der Waals surface area contributed by atoms with Crippen molar-refractivity contribution >= 4 is 22.6 Å². The van der Waals surface area contributed by atoms with Crippen LogP contribution in [-0.4, -0.2) is 27.8 Å². The topological polar surface area (TPSA) is 29.5 Å². The first-order chi connectivity index (χ1) is 4.20. The molecule has 1 fully saturated rings. The monoisotopic (exact) mass is 242 g/mol. The van der Waals surface area contributed by atoms with Crippen LogP contribution in [0, 0.1) is 0 Å². The molecule has 2 nitrogen and oxygen atoms in total. The summed E-state index contributed by atoms with van der Waals surface area (Å²) in [6.07, 6.45) is 0.872. The minimum absolute atomic E-state index is 0.216. The lowest BCUT2D eigenvalue weighted by Gasteiger charge is -2.10. The Hall–Kier alpha value is 0.650. The highest BCUT2D eigenvalue weighted by Crippen LogP contribution is 2.20. The van der Waals surface area contributed by atoms with E-state index in [2.05, 4.69) is 29.5 Å². The molecule has 0 saturated carbocycles. The fraction of sp³-hybridized carbons (Fsp3) is 1.00. The molecule has 0 aromatic rings. The van der Waals surface area contributed by atoms with Gasteiger partial charge < -0.3 is 9.84 Å². The van der Waals surface area contributed by atoms with E-state index in [-0.39, 0.29) is 12.2 Å². The number of alkyl halides is 1. The number of rotatable bonds is 1. The molecule has 1 rings (SSSR count). The highest BCUT2D eigenvalue weighted by molar-refractivity contribution is 14.1. The fourth-order valence-corrected chi connectivity index (χ4v) is 1.46. The molecule has 0 aromatic heterocycles. The smallest absolute Gasteiger partial charge is 0.0798 e. The van der Waals surface area contributed by atoms with Gasteiger partial charge in [0.15, 0.2) is 0 Å². The van der Waals surface area contributed by atoms with Crippen LogP contribution in [0.25, 0.3) is 0 Å². The van der Waals surface area contributed by atoms with Gasteiger partial charge in [-0.15, -0.1) is 0 Å². The summed E-state index contributed by atoms with van der Waals surface area (Å²) in [5.74, 6) is 0. The van der Waals surface area contributed by atoms with Crippen molar-refractivity contribution in [1.82, 2.24) is 0 Å². The van der Waals surface area contributed by atoms with E-state index in [0.29, 0.717) is 10.5 Å². The van der Waals surface area contributed by atoms with Gasteiger partial charge in [0, 0.05) is 10.3 Å². The maximum Gasteiger partial charge on any atom is 0.0798 e. The zero-order valence-electron chi connectivity index (χ0n) is 5.38. The Bertz CT molecular complexity index is 95.1. The lowest BCUT2D eigenvalue weighted by molar-refractivity contribution is 0.0914. The molecule has 3 atom stereocenters. The second-order valence-electron chi connectivity index (χ2n) is 2.44. The Kier molecular flexibility index (Phi) is 2.73. The molecule has 0 aliphatic carbocycles. The molecule has 54 valence electrons. The summed E-state index contributed by atoms with van der Waals surface area (Å²) < 4.78 is 5.78. The van der Waals surface area contributed by atoms with Gasteiger partial charge in [0.05, 0.1) is 18.8 Å². The molecule has 0 bridgehead atoms. The first-order valence-corrected chi connectivity index (χ1v) is 4.38. The molecule has 0 amide bonds. The summed E-state index contributed by atoms with van der Waals surface area (Å²) in [6, 6.07) is 0. The number of hydrogen-bond acceptors (Lipinski definition) is 2. The van der Waals surface area contributed by atoms with E-state index in [1.807, 2.05) is 0 Å². The lowest BCUT2D eigenvalue weighted by atomic mass is 10.2. The first kappa shape index (κ1) is 7.75. The minimum Gasteiger partial charge on any atom is -0.391 e. The minimum atomic E-state index is -0.216. The van der Waals surface area contributed by atoms with Crippen LogP contribution in [0.15, 0.2) is 0 Å². The Balaban J connectivity index is 2.30. The highest BCUT2D eigenvalue weighted by Gasteiger charge is 2.26. The van der Waals surface area contributed by atoms with Crippen molar-refractivity contribution in [3.05, 3.63) is 0 Å². The summed E-state index contributed by atoms with van der Waals surface area (Å²) in [4.78, 5) is 0. The summed E-state index contributed by atoms with van der Waals surface area (Å²) >= 11 is 2.32. The molecule has 3 heteroatoms. The van der Waals surface area contributed by atoms with Crippen LogP contribution in [0.4, 0.5) is 0 Å². The van der Waals surface area contributed by atoms with Crippen molar-refractivity contribution in [3.63, 3.8) is 0 Å². The Morgan fingerprint density at radius 1 is 1.78 bits per heavy atom. The second kappa shape index (κ2) is 3.16. The van der Waals surface area contributed by atoms with E-state index >= 15 is 0 Å². The molecule has 1 N–H and O–H groups in total. The van der Waals surface area contributed by atoms with Gasteiger partial charge in [-0.05, 0) is 0 Å². The molecule has 1 aliphatic heterocycles. The number of ether oxygens (including phenoxy) is 1. The van der Waals surface area contributed by atoms with Crippen molar-refractivity contribution in [1.29, 1.82) is 0 Å². The number of halogens is 1. The second-order valence-corrected chi connectivity index (χ2v) is 4.40. The first-order valence-electron chi connectivity index (χ1n) is 3.14. The number of aliphatic hydroxyl groups is 1. The van der Waals surface area contributed by atoms with Crippen LogP contribution in [0.5, 0.6) is 0 Å². The number of aliphatic hydroxyl groups excluding tert-OH is 1. The molecular formula is C6H11IO2. The van der Waals surface area contributed by atoms with Crippen LogP contribution >= 0.6 is 22.6 Å².